The van der Waals surface area contributed by atoms with Gasteiger partial charge in [0.25, 0.3) is 5.91 Å². The van der Waals surface area contributed by atoms with Gasteiger partial charge in [-0.25, -0.2) is 4.98 Å². The minimum atomic E-state index is -0.255. The first-order valence-corrected chi connectivity index (χ1v) is 10.5. The molecule has 3 aromatic heterocycles. The second-order valence-corrected chi connectivity index (χ2v) is 7.77. The Labute approximate surface area is 181 Å². The highest BCUT2D eigenvalue weighted by molar-refractivity contribution is 7.12. The van der Waals surface area contributed by atoms with E-state index >= 15 is 0 Å². The van der Waals surface area contributed by atoms with Gasteiger partial charge >= 0.3 is 0 Å². The summed E-state index contributed by atoms with van der Waals surface area (Å²) in [6.07, 6.45) is 0. The lowest BCUT2D eigenvalue weighted by Gasteiger charge is -2.07. The van der Waals surface area contributed by atoms with Crippen LogP contribution in [0, 0.1) is 6.92 Å². The SMILES string of the molecule is COc1cccc(C(=O)Nc2cc(C)nn2-c2nc(-c3cc4ccccc4o3)cs2)c1. The summed E-state index contributed by atoms with van der Waals surface area (Å²) < 4.78 is 12.7. The molecule has 1 N–H and O–H groups in total. The Balaban J connectivity index is 1.45. The maximum atomic E-state index is 12.8. The molecule has 154 valence electrons. The number of carbonyl (C=O) groups excluding carboxylic acids is 1. The standard InChI is InChI=1S/C23H18N4O3S/c1-14-10-21(25-22(28)16-7-5-8-17(11-16)29-2)27(26-14)23-24-18(13-31-23)20-12-15-6-3-4-9-19(15)30-20/h3-13H,1-2H3,(H,25,28). The van der Waals surface area contributed by atoms with E-state index in [0.29, 0.717) is 28.0 Å². The molecule has 0 atom stereocenters. The number of hydrogen-bond acceptors (Lipinski definition) is 6. The van der Waals surface area contributed by atoms with E-state index in [0.717, 1.165) is 22.4 Å². The van der Waals surface area contributed by atoms with Crippen LogP contribution < -0.4 is 10.1 Å². The Kier molecular flexibility index (Phi) is 4.76. The summed E-state index contributed by atoms with van der Waals surface area (Å²) in [6.45, 7) is 1.87. The van der Waals surface area contributed by atoms with E-state index in [1.54, 1.807) is 42.1 Å². The summed E-state index contributed by atoms with van der Waals surface area (Å²) in [6, 6.07) is 18.6. The molecule has 7 nitrogen and oxygen atoms in total. The number of ether oxygens (including phenoxy) is 1. The number of para-hydroxylation sites is 1. The van der Waals surface area contributed by atoms with Crippen LogP contribution in [0.5, 0.6) is 5.75 Å². The molecule has 0 spiro atoms. The van der Waals surface area contributed by atoms with Gasteiger partial charge < -0.3 is 14.5 Å². The first kappa shape index (κ1) is 19.1. The average Bonchev–Trinajstić information content (AvgIpc) is 3.51. The van der Waals surface area contributed by atoms with Gasteiger partial charge in [0.05, 0.1) is 12.8 Å². The molecular weight excluding hydrogens is 412 g/mol. The van der Waals surface area contributed by atoms with Crippen molar-refractivity contribution >= 4 is 34.0 Å². The molecule has 5 aromatic rings. The zero-order valence-electron chi connectivity index (χ0n) is 16.8. The predicted molar refractivity (Wildman–Crippen MR) is 120 cm³/mol. The molecule has 31 heavy (non-hydrogen) atoms. The van der Waals surface area contributed by atoms with Crippen LogP contribution in [-0.4, -0.2) is 27.8 Å². The number of hydrogen-bond donors (Lipinski definition) is 1. The quantitative estimate of drug-likeness (QED) is 0.409. The highest BCUT2D eigenvalue weighted by Gasteiger charge is 2.17. The van der Waals surface area contributed by atoms with Gasteiger partial charge in [0.2, 0.25) is 5.13 Å². The fourth-order valence-corrected chi connectivity index (χ4v) is 4.05. The summed E-state index contributed by atoms with van der Waals surface area (Å²) in [5.41, 5.74) is 2.79. The number of thiazole rings is 1. The lowest BCUT2D eigenvalue weighted by Crippen LogP contribution is -2.15. The topological polar surface area (TPSA) is 82.2 Å². The second kappa shape index (κ2) is 7.73. The number of carbonyl (C=O) groups is 1. The van der Waals surface area contributed by atoms with E-state index in [-0.39, 0.29) is 5.91 Å². The third-order valence-corrected chi connectivity index (χ3v) is 5.57. The minimum Gasteiger partial charge on any atom is -0.497 e. The predicted octanol–water partition coefficient (Wildman–Crippen LogP) is 5.31. The van der Waals surface area contributed by atoms with Gasteiger partial charge in [0.15, 0.2) is 5.76 Å². The molecule has 0 bridgehead atoms. The molecule has 5 rings (SSSR count). The number of methoxy groups -OCH3 is 1. The molecule has 0 unspecified atom stereocenters. The Bertz CT molecular complexity index is 1370. The van der Waals surface area contributed by atoms with Gasteiger partial charge in [-0.1, -0.05) is 24.3 Å². The van der Waals surface area contributed by atoms with Crippen LogP contribution in [0.3, 0.4) is 0 Å². The summed E-state index contributed by atoms with van der Waals surface area (Å²) in [7, 11) is 1.57. The third-order valence-electron chi connectivity index (χ3n) is 4.76. The van der Waals surface area contributed by atoms with Crippen molar-refractivity contribution in [2.75, 3.05) is 12.4 Å². The van der Waals surface area contributed by atoms with Crippen molar-refractivity contribution in [1.82, 2.24) is 14.8 Å². The van der Waals surface area contributed by atoms with E-state index in [4.69, 9.17) is 9.15 Å². The molecule has 0 aliphatic heterocycles. The van der Waals surface area contributed by atoms with Crippen molar-refractivity contribution in [3.63, 3.8) is 0 Å². The molecule has 0 saturated carbocycles. The Morgan fingerprint density at radius 1 is 1.13 bits per heavy atom. The number of rotatable bonds is 5. The number of benzene rings is 2. The molecule has 0 fully saturated rings. The Morgan fingerprint density at radius 2 is 2.00 bits per heavy atom. The molecular formula is C23H18N4O3S. The second-order valence-electron chi connectivity index (χ2n) is 6.93. The normalized spacial score (nSPS) is 11.0. The van der Waals surface area contributed by atoms with Crippen molar-refractivity contribution < 1.29 is 13.9 Å². The van der Waals surface area contributed by atoms with Crippen LogP contribution in [0.2, 0.25) is 0 Å². The molecule has 8 heteroatoms. The minimum absolute atomic E-state index is 0.255. The van der Waals surface area contributed by atoms with Gasteiger partial charge in [-0.15, -0.1) is 11.3 Å². The van der Waals surface area contributed by atoms with Gasteiger partial charge in [0.1, 0.15) is 22.8 Å². The number of anilines is 1. The zero-order valence-corrected chi connectivity index (χ0v) is 17.6. The lowest BCUT2D eigenvalue weighted by molar-refractivity contribution is 0.102. The maximum Gasteiger partial charge on any atom is 0.256 e. The van der Waals surface area contributed by atoms with Crippen LogP contribution in [0.25, 0.3) is 27.6 Å². The van der Waals surface area contributed by atoms with Gasteiger partial charge in [-0.2, -0.15) is 9.78 Å². The van der Waals surface area contributed by atoms with Gasteiger partial charge in [-0.05, 0) is 37.3 Å². The molecule has 0 aliphatic carbocycles. The van der Waals surface area contributed by atoms with E-state index in [2.05, 4.69) is 15.4 Å². The van der Waals surface area contributed by atoms with Gasteiger partial charge in [-0.3, -0.25) is 4.79 Å². The summed E-state index contributed by atoms with van der Waals surface area (Å²) in [5.74, 6) is 1.59. The van der Waals surface area contributed by atoms with Gasteiger partial charge in [0, 0.05) is 22.4 Å². The molecule has 0 saturated heterocycles. The van der Waals surface area contributed by atoms with Crippen LogP contribution in [-0.2, 0) is 0 Å². The molecule has 0 radical (unpaired) electrons. The van der Waals surface area contributed by atoms with Crippen molar-refractivity contribution in [3.8, 4) is 22.3 Å². The number of fused-ring (bicyclic) bond motifs is 1. The third kappa shape index (κ3) is 3.69. The van der Waals surface area contributed by atoms with Crippen LogP contribution in [0.4, 0.5) is 5.82 Å². The summed E-state index contributed by atoms with van der Waals surface area (Å²) in [4.78, 5) is 17.4. The summed E-state index contributed by atoms with van der Waals surface area (Å²) >= 11 is 1.42. The Morgan fingerprint density at radius 3 is 2.84 bits per heavy atom. The van der Waals surface area contributed by atoms with Crippen LogP contribution in [0.15, 0.2) is 70.5 Å². The van der Waals surface area contributed by atoms with E-state index in [1.165, 1.54) is 11.3 Å². The van der Waals surface area contributed by atoms with Crippen molar-refractivity contribution in [3.05, 3.63) is 77.3 Å². The van der Waals surface area contributed by atoms with Crippen molar-refractivity contribution in [2.45, 2.75) is 6.92 Å². The highest BCUT2D eigenvalue weighted by atomic mass is 32.1. The molecule has 3 heterocycles. The number of amides is 1. The van der Waals surface area contributed by atoms with E-state index < -0.39 is 0 Å². The number of aromatic nitrogens is 3. The first-order chi connectivity index (χ1) is 15.1. The summed E-state index contributed by atoms with van der Waals surface area (Å²) in [5, 5.41) is 11.0. The lowest BCUT2D eigenvalue weighted by atomic mass is 10.2. The fraction of sp³-hybridized carbons (Fsp3) is 0.0870. The smallest absolute Gasteiger partial charge is 0.256 e. The highest BCUT2D eigenvalue weighted by Crippen LogP contribution is 2.30. The largest absolute Gasteiger partial charge is 0.497 e. The van der Waals surface area contributed by atoms with Crippen molar-refractivity contribution in [2.24, 2.45) is 0 Å². The Hall–Kier alpha value is -3.91. The number of nitrogens with zero attached hydrogens (tertiary/aromatic N) is 3. The zero-order chi connectivity index (χ0) is 21.4. The molecule has 2 aromatic carbocycles. The van der Waals surface area contributed by atoms with Crippen LogP contribution in [0.1, 0.15) is 16.1 Å². The molecule has 1 amide bonds. The fourth-order valence-electron chi connectivity index (χ4n) is 3.27. The first-order valence-electron chi connectivity index (χ1n) is 9.57. The maximum absolute atomic E-state index is 12.8. The van der Waals surface area contributed by atoms with Crippen molar-refractivity contribution in [1.29, 1.82) is 0 Å². The monoisotopic (exact) mass is 430 g/mol. The number of nitrogens with one attached hydrogen (secondary N) is 1. The number of furan rings is 1. The van der Waals surface area contributed by atoms with Crippen LogP contribution >= 0.6 is 11.3 Å². The number of aryl methyl sites for hydroxylation is 1. The van der Waals surface area contributed by atoms with E-state index in [9.17, 15) is 4.79 Å². The average molecular weight is 430 g/mol. The molecule has 0 aliphatic rings. The van der Waals surface area contributed by atoms with E-state index in [1.807, 2.05) is 42.6 Å².